The molecule has 0 bridgehead atoms. The number of nitrogens with zero attached hydrogens (tertiary/aromatic N) is 3. The Hall–Kier alpha value is -1.84. The molecule has 0 spiro atoms. The zero-order chi connectivity index (χ0) is 11.5. The summed E-state index contributed by atoms with van der Waals surface area (Å²) in [5.41, 5.74) is 1.90. The zero-order valence-corrected chi connectivity index (χ0v) is 9.55. The number of aryl methyl sites for hydroxylation is 1. The topological polar surface area (TPSA) is 39.8 Å². The second-order valence-corrected chi connectivity index (χ2v) is 3.83. The molecule has 0 aromatic carbocycles. The maximum Gasteiger partial charge on any atom is 0.161 e. The first-order valence-electron chi connectivity index (χ1n) is 5.37. The second kappa shape index (κ2) is 4.35. The third kappa shape index (κ3) is 2.21. The van der Waals surface area contributed by atoms with Crippen LogP contribution in [0.3, 0.4) is 0 Å². The van der Waals surface area contributed by atoms with Crippen LogP contribution >= 0.6 is 0 Å². The van der Waals surface area contributed by atoms with E-state index in [4.69, 9.17) is 0 Å². The van der Waals surface area contributed by atoms with E-state index in [-0.39, 0.29) is 5.78 Å². The fourth-order valence-electron chi connectivity index (χ4n) is 1.62. The Balaban J connectivity index is 2.11. The Labute approximate surface area is 94.5 Å². The van der Waals surface area contributed by atoms with Gasteiger partial charge in [-0.2, -0.15) is 5.10 Å². The van der Waals surface area contributed by atoms with Crippen LogP contribution in [0.4, 0.5) is 0 Å². The van der Waals surface area contributed by atoms with Gasteiger partial charge in [0.25, 0.3) is 0 Å². The summed E-state index contributed by atoms with van der Waals surface area (Å²) in [6.45, 7) is 5.27. The molecule has 84 valence electrons. The van der Waals surface area contributed by atoms with E-state index in [1.807, 2.05) is 40.1 Å². The Bertz CT molecular complexity index is 496. The summed E-state index contributed by atoms with van der Waals surface area (Å²) in [6, 6.07) is 1.84. The molecule has 0 saturated carbocycles. The fraction of sp³-hybridized carbons (Fsp3) is 0.333. The lowest BCUT2D eigenvalue weighted by molar-refractivity contribution is 0.101. The molecular formula is C12H15N3O. The Morgan fingerprint density at radius 3 is 2.81 bits per heavy atom. The summed E-state index contributed by atoms with van der Waals surface area (Å²) in [5.74, 6) is 0.100. The van der Waals surface area contributed by atoms with Gasteiger partial charge in [0.1, 0.15) is 0 Å². The van der Waals surface area contributed by atoms with Crippen molar-refractivity contribution in [3.63, 3.8) is 0 Å². The zero-order valence-electron chi connectivity index (χ0n) is 9.55. The molecule has 0 aliphatic carbocycles. The molecule has 0 aliphatic rings. The van der Waals surface area contributed by atoms with Gasteiger partial charge in [0.2, 0.25) is 0 Å². The first kappa shape index (κ1) is 10.7. The number of carbonyl (C=O) groups is 1. The highest BCUT2D eigenvalue weighted by Gasteiger charge is 2.03. The van der Waals surface area contributed by atoms with Crippen LogP contribution in [0.5, 0.6) is 0 Å². The highest BCUT2D eigenvalue weighted by molar-refractivity contribution is 5.93. The van der Waals surface area contributed by atoms with Crippen LogP contribution in [-0.4, -0.2) is 20.1 Å². The third-order valence-electron chi connectivity index (χ3n) is 2.53. The van der Waals surface area contributed by atoms with Gasteiger partial charge in [-0.3, -0.25) is 9.48 Å². The molecule has 0 unspecified atom stereocenters. The molecule has 0 saturated heterocycles. The van der Waals surface area contributed by atoms with Crippen LogP contribution in [0.15, 0.2) is 30.9 Å². The molecule has 2 heterocycles. The minimum atomic E-state index is 0.100. The molecule has 4 heteroatoms. The van der Waals surface area contributed by atoms with E-state index >= 15 is 0 Å². The smallest absolute Gasteiger partial charge is 0.161 e. The van der Waals surface area contributed by atoms with Gasteiger partial charge in [-0.15, -0.1) is 0 Å². The number of hydrogen-bond donors (Lipinski definition) is 0. The first-order valence-corrected chi connectivity index (χ1v) is 5.37. The summed E-state index contributed by atoms with van der Waals surface area (Å²) >= 11 is 0. The molecule has 0 atom stereocenters. The quantitative estimate of drug-likeness (QED) is 0.734. The van der Waals surface area contributed by atoms with Crippen molar-refractivity contribution in [2.24, 2.45) is 0 Å². The molecule has 2 aromatic heterocycles. The highest BCUT2D eigenvalue weighted by atomic mass is 16.1. The molecule has 0 N–H and O–H groups in total. The predicted molar refractivity (Wildman–Crippen MR) is 61.4 cm³/mol. The summed E-state index contributed by atoms with van der Waals surface area (Å²) in [6.07, 6.45) is 7.66. The van der Waals surface area contributed by atoms with Crippen molar-refractivity contribution in [3.05, 3.63) is 42.0 Å². The SMILES string of the molecule is CCn1cc(Cn2ccc(C(C)=O)c2)cn1. The Morgan fingerprint density at radius 2 is 2.25 bits per heavy atom. The molecular weight excluding hydrogens is 202 g/mol. The predicted octanol–water partition coefficient (Wildman–Crippen LogP) is 1.96. The molecule has 0 fully saturated rings. The number of hydrogen-bond acceptors (Lipinski definition) is 2. The number of aromatic nitrogens is 3. The van der Waals surface area contributed by atoms with Crippen LogP contribution in [-0.2, 0) is 13.1 Å². The monoisotopic (exact) mass is 217 g/mol. The van der Waals surface area contributed by atoms with Crippen molar-refractivity contribution in [1.29, 1.82) is 0 Å². The number of carbonyl (C=O) groups excluding carboxylic acids is 1. The van der Waals surface area contributed by atoms with Crippen molar-refractivity contribution in [3.8, 4) is 0 Å². The van der Waals surface area contributed by atoms with E-state index in [0.717, 1.165) is 24.2 Å². The lowest BCUT2D eigenvalue weighted by Crippen LogP contribution is -1.96. The Morgan fingerprint density at radius 1 is 1.44 bits per heavy atom. The molecule has 0 amide bonds. The maximum absolute atomic E-state index is 11.1. The van der Waals surface area contributed by atoms with E-state index in [9.17, 15) is 4.79 Å². The van der Waals surface area contributed by atoms with Crippen LogP contribution in [0.1, 0.15) is 29.8 Å². The van der Waals surface area contributed by atoms with Gasteiger partial charge in [-0.05, 0) is 19.9 Å². The standard InChI is InChI=1S/C12H15N3O/c1-3-15-8-11(6-13-15)7-14-5-4-12(9-14)10(2)16/h4-6,8-9H,3,7H2,1-2H3. The van der Waals surface area contributed by atoms with Crippen molar-refractivity contribution in [1.82, 2.24) is 14.3 Å². The van der Waals surface area contributed by atoms with E-state index in [2.05, 4.69) is 12.0 Å². The van der Waals surface area contributed by atoms with Crippen LogP contribution in [0.25, 0.3) is 0 Å². The molecule has 2 aromatic rings. The molecule has 2 rings (SSSR count). The minimum absolute atomic E-state index is 0.100. The summed E-state index contributed by atoms with van der Waals surface area (Å²) in [5, 5.41) is 4.21. The van der Waals surface area contributed by atoms with Gasteiger partial charge in [0, 0.05) is 36.3 Å². The van der Waals surface area contributed by atoms with Crippen molar-refractivity contribution >= 4 is 5.78 Å². The number of Topliss-reactive ketones (excluding diaryl/α,β-unsaturated/α-hetero) is 1. The third-order valence-corrected chi connectivity index (χ3v) is 2.53. The van der Waals surface area contributed by atoms with Crippen LogP contribution in [0.2, 0.25) is 0 Å². The van der Waals surface area contributed by atoms with E-state index in [1.165, 1.54) is 0 Å². The average Bonchev–Trinajstić information content (AvgIpc) is 2.87. The molecule has 0 aliphatic heterocycles. The molecule has 16 heavy (non-hydrogen) atoms. The van der Waals surface area contributed by atoms with Crippen molar-refractivity contribution in [2.75, 3.05) is 0 Å². The van der Waals surface area contributed by atoms with E-state index in [0.29, 0.717) is 0 Å². The maximum atomic E-state index is 11.1. The van der Waals surface area contributed by atoms with Gasteiger partial charge in [-0.1, -0.05) is 0 Å². The Kier molecular flexibility index (Phi) is 2.90. The summed E-state index contributed by atoms with van der Waals surface area (Å²) < 4.78 is 3.89. The normalized spacial score (nSPS) is 10.6. The van der Waals surface area contributed by atoms with Gasteiger partial charge in [-0.25, -0.2) is 0 Å². The average molecular weight is 217 g/mol. The lowest BCUT2D eigenvalue weighted by atomic mass is 10.2. The van der Waals surface area contributed by atoms with E-state index < -0.39 is 0 Å². The van der Waals surface area contributed by atoms with Gasteiger partial charge < -0.3 is 4.57 Å². The first-order chi connectivity index (χ1) is 7.69. The molecule has 0 radical (unpaired) electrons. The fourth-order valence-corrected chi connectivity index (χ4v) is 1.62. The number of rotatable bonds is 4. The summed E-state index contributed by atoms with van der Waals surface area (Å²) in [7, 11) is 0. The van der Waals surface area contributed by atoms with Crippen LogP contribution in [0, 0.1) is 0 Å². The van der Waals surface area contributed by atoms with Gasteiger partial charge in [0.05, 0.1) is 12.7 Å². The van der Waals surface area contributed by atoms with Gasteiger partial charge >= 0.3 is 0 Å². The largest absolute Gasteiger partial charge is 0.349 e. The highest BCUT2D eigenvalue weighted by Crippen LogP contribution is 2.06. The molecule has 4 nitrogen and oxygen atoms in total. The van der Waals surface area contributed by atoms with Crippen molar-refractivity contribution < 1.29 is 4.79 Å². The second-order valence-electron chi connectivity index (χ2n) is 3.83. The number of ketones is 1. The minimum Gasteiger partial charge on any atom is -0.349 e. The summed E-state index contributed by atoms with van der Waals surface area (Å²) in [4.78, 5) is 11.1. The van der Waals surface area contributed by atoms with E-state index in [1.54, 1.807) is 6.92 Å². The van der Waals surface area contributed by atoms with Crippen molar-refractivity contribution in [2.45, 2.75) is 26.9 Å². The van der Waals surface area contributed by atoms with Crippen LogP contribution < -0.4 is 0 Å². The van der Waals surface area contributed by atoms with Gasteiger partial charge in [0.15, 0.2) is 5.78 Å². The lowest BCUT2D eigenvalue weighted by Gasteiger charge is -1.98.